The Balaban J connectivity index is 0.832. The molecule has 310 valence electrons. The first kappa shape index (κ1) is 38.4. The summed E-state index contributed by atoms with van der Waals surface area (Å²) in [6.07, 6.45) is 18.2. The van der Waals surface area contributed by atoms with Crippen molar-refractivity contribution in [3.05, 3.63) is 59.7 Å². The number of rotatable bonds is 15. The molecule has 58 heavy (non-hydrogen) atoms. The van der Waals surface area contributed by atoms with Gasteiger partial charge in [-0.2, -0.15) is 0 Å². The van der Waals surface area contributed by atoms with Crippen LogP contribution in [-0.4, -0.2) is 79.7 Å². The molecule has 2 saturated heterocycles. The molecule has 2 heterocycles. The monoisotopic (exact) mass is 788 g/mol. The van der Waals surface area contributed by atoms with Crippen LogP contribution in [0.4, 0.5) is 9.59 Å². The molecular weight excluding hydrogens is 725 g/mol. The lowest BCUT2D eigenvalue weighted by molar-refractivity contribution is -0.142. The van der Waals surface area contributed by atoms with E-state index in [1.807, 2.05) is 9.80 Å². The van der Waals surface area contributed by atoms with Crippen LogP contribution in [-0.2, 0) is 22.7 Å². The summed E-state index contributed by atoms with van der Waals surface area (Å²) in [7, 11) is 0. The molecule has 2 atom stereocenters. The van der Waals surface area contributed by atoms with E-state index in [-0.39, 0.29) is 35.0 Å². The Morgan fingerprint density at radius 3 is 1.07 bits per heavy atom. The van der Waals surface area contributed by atoms with E-state index in [4.69, 9.17) is 11.5 Å². The van der Waals surface area contributed by atoms with E-state index in [0.29, 0.717) is 74.5 Å². The maximum absolute atomic E-state index is 14.4. The summed E-state index contributed by atoms with van der Waals surface area (Å²) in [5.41, 5.74) is 15.3. The third-order valence-corrected chi connectivity index (χ3v) is 16.4. The van der Waals surface area contributed by atoms with Gasteiger partial charge in [-0.25, -0.2) is 9.59 Å². The van der Waals surface area contributed by atoms with Crippen molar-refractivity contribution >= 4 is 23.9 Å². The van der Waals surface area contributed by atoms with Gasteiger partial charge in [-0.3, -0.25) is 19.4 Å². The molecule has 10 aliphatic rings. The Kier molecular flexibility index (Phi) is 9.98. The number of nitrogens with two attached hydrogens (primary N) is 2. The first-order valence-electron chi connectivity index (χ1n) is 23.0. The minimum atomic E-state index is -0.433. The molecule has 8 bridgehead atoms. The Bertz CT molecular complexity index is 1700. The van der Waals surface area contributed by atoms with Crippen molar-refractivity contribution in [1.29, 1.82) is 0 Å². The van der Waals surface area contributed by atoms with E-state index >= 15 is 0 Å². The highest BCUT2D eigenvalue weighted by Gasteiger charge is 2.62. The largest absolute Gasteiger partial charge is 0.330 e. The summed E-state index contributed by atoms with van der Waals surface area (Å²) >= 11 is 0. The third-order valence-electron chi connectivity index (χ3n) is 16.4. The van der Waals surface area contributed by atoms with Gasteiger partial charge in [0, 0.05) is 13.1 Å². The van der Waals surface area contributed by atoms with Crippen molar-refractivity contribution in [3.63, 3.8) is 0 Å². The van der Waals surface area contributed by atoms with E-state index in [9.17, 15) is 19.2 Å². The molecule has 8 saturated carbocycles. The second kappa shape index (κ2) is 15.1. The van der Waals surface area contributed by atoms with E-state index in [1.165, 1.54) is 38.5 Å². The van der Waals surface area contributed by atoms with Crippen molar-refractivity contribution in [1.82, 2.24) is 19.6 Å². The molecular formula is C48H64N6O4. The zero-order valence-electron chi connectivity index (χ0n) is 34.4. The van der Waals surface area contributed by atoms with E-state index in [2.05, 4.69) is 48.5 Å². The van der Waals surface area contributed by atoms with Gasteiger partial charge in [0.1, 0.15) is 12.1 Å². The van der Waals surface area contributed by atoms with Crippen molar-refractivity contribution in [2.24, 2.45) is 47.0 Å². The lowest BCUT2D eigenvalue weighted by atomic mass is 9.52. The van der Waals surface area contributed by atoms with Gasteiger partial charge in [-0.1, -0.05) is 48.5 Å². The molecule has 8 aliphatic carbocycles. The SMILES string of the molecule is NCCCC[C@H]1C(=O)N(C23CC4CC(CC(C4)C2)C3)C(=O)N1Cc1ccc(-c2ccc(CN3C(=O)N(C45CC6CC(CC(C6)C4)C5)C(=O)[C@@H]3CCCCN)cc2)cc1. The number of unbranched alkanes of at least 4 members (excludes halogenated alkanes) is 2. The maximum Gasteiger partial charge on any atom is 0.328 e. The Morgan fingerprint density at radius 1 is 0.466 bits per heavy atom. The predicted molar refractivity (Wildman–Crippen MR) is 223 cm³/mol. The molecule has 0 unspecified atom stereocenters. The number of amides is 6. The lowest BCUT2D eigenvalue weighted by Crippen LogP contribution is -2.62. The molecule has 10 fully saturated rings. The van der Waals surface area contributed by atoms with Gasteiger partial charge in [0.2, 0.25) is 0 Å². The highest BCUT2D eigenvalue weighted by molar-refractivity contribution is 6.06. The van der Waals surface area contributed by atoms with Crippen LogP contribution in [0.15, 0.2) is 48.5 Å². The lowest BCUT2D eigenvalue weighted by Gasteiger charge is -2.58. The summed E-state index contributed by atoms with van der Waals surface area (Å²) in [6.45, 7) is 1.99. The fourth-order valence-corrected chi connectivity index (χ4v) is 14.7. The van der Waals surface area contributed by atoms with Crippen LogP contribution in [0.2, 0.25) is 0 Å². The molecule has 10 nitrogen and oxygen atoms in total. The maximum atomic E-state index is 14.4. The molecule has 0 spiro atoms. The highest BCUT2D eigenvalue weighted by atomic mass is 16.2. The van der Waals surface area contributed by atoms with Crippen LogP contribution in [0.1, 0.15) is 127 Å². The molecule has 2 aromatic carbocycles. The van der Waals surface area contributed by atoms with Gasteiger partial charge in [0.25, 0.3) is 11.8 Å². The van der Waals surface area contributed by atoms with Crippen molar-refractivity contribution in [2.75, 3.05) is 13.1 Å². The minimum absolute atomic E-state index is 0.0167. The number of hydrogen-bond donors (Lipinski definition) is 2. The third kappa shape index (κ3) is 6.59. The van der Waals surface area contributed by atoms with Crippen LogP contribution in [0.25, 0.3) is 11.1 Å². The first-order valence-corrected chi connectivity index (χ1v) is 23.0. The molecule has 2 aromatic rings. The Labute approximate surface area is 344 Å². The molecule has 2 aliphatic heterocycles. The molecule has 10 heteroatoms. The van der Waals surface area contributed by atoms with Gasteiger partial charge in [-0.15, -0.1) is 0 Å². The van der Waals surface area contributed by atoms with Gasteiger partial charge < -0.3 is 21.3 Å². The zero-order valence-corrected chi connectivity index (χ0v) is 34.4. The summed E-state index contributed by atoms with van der Waals surface area (Å²) in [6, 6.07) is 15.7. The summed E-state index contributed by atoms with van der Waals surface area (Å²) in [4.78, 5) is 64.5. The van der Waals surface area contributed by atoms with Crippen molar-refractivity contribution in [2.45, 2.75) is 152 Å². The highest BCUT2D eigenvalue weighted by Crippen LogP contribution is 2.60. The van der Waals surface area contributed by atoms with Crippen LogP contribution < -0.4 is 11.5 Å². The predicted octanol–water partition coefficient (Wildman–Crippen LogP) is 7.81. The van der Waals surface area contributed by atoms with Crippen molar-refractivity contribution in [3.8, 4) is 11.1 Å². The number of imide groups is 2. The van der Waals surface area contributed by atoms with Gasteiger partial charge in [0.05, 0.1) is 11.1 Å². The molecule has 0 radical (unpaired) electrons. The second-order valence-electron chi connectivity index (χ2n) is 20.4. The summed E-state index contributed by atoms with van der Waals surface area (Å²) in [5, 5.41) is 0. The smallest absolute Gasteiger partial charge is 0.328 e. The number of carbonyl (C=O) groups is 4. The number of urea groups is 2. The standard InChI is InChI=1S/C48H64N6O4/c49-15-3-1-5-41-43(55)53(47-23-33-17-34(24-47)19-35(18-33)25-47)45(57)51(41)29-31-7-11-39(12-8-31)40-13-9-32(10-14-40)30-52-42(6-2-4-16-50)44(56)54(46(52)58)48-26-36-20-37(27-48)22-38(21-36)28-48/h7-14,33-38,41-42H,1-6,15-30,49-50H2/t33?,34?,35?,36?,37?,38?,41-,42-,47?,48?/m0/s1. The van der Waals surface area contributed by atoms with Crippen LogP contribution in [0, 0.1) is 35.5 Å². The number of carbonyl (C=O) groups excluding carboxylic acids is 4. The van der Waals surface area contributed by atoms with E-state index in [0.717, 1.165) is 86.5 Å². The average molecular weight is 789 g/mol. The number of hydrogen-bond acceptors (Lipinski definition) is 6. The fourth-order valence-electron chi connectivity index (χ4n) is 14.7. The normalized spacial score (nSPS) is 36.1. The quantitative estimate of drug-likeness (QED) is 0.140. The second-order valence-corrected chi connectivity index (χ2v) is 20.4. The molecule has 0 aromatic heterocycles. The Morgan fingerprint density at radius 2 is 0.776 bits per heavy atom. The van der Waals surface area contributed by atoms with Crippen LogP contribution in [0.5, 0.6) is 0 Å². The first-order chi connectivity index (χ1) is 28.2. The molecule has 12 rings (SSSR count). The van der Waals surface area contributed by atoms with Crippen molar-refractivity contribution < 1.29 is 19.2 Å². The average Bonchev–Trinajstić information content (AvgIpc) is 3.57. The zero-order chi connectivity index (χ0) is 39.8. The number of benzene rings is 2. The van der Waals surface area contributed by atoms with Gasteiger partial charge in [-0.05, 0) is 186 Å². The Hall–Kier alpha value is -3.76. The molecule has 6 amide bonds. The summed E-state index contributed by atoms with van der Waals surface area (Å²) in [5.74, 6) is 3.92. The van der Waals surface area contributed by atoms with E-state index in [1.54, 1.807) is 9.80 Å². The minimum Gasteiger partial charge on any atom is -0.330 e. The topological polar surface area (TPSA) is 133 Å². The fraction of sp³-hybridized carbons (Fsp3) is 0.667. The van der Waals surface area contributed by atoms with Gasteiger partial charge in [0.15, 0.2) is 0 Å². The summed E-state index contributed by atoms with van der Waals surface area (Å²) < 4.78 is 0. The van der Waals surface area contributed by atoms with Gasteiger partial charge >= 0.3 is 12.1 Å². The van der Waals surface area contributed by atoms with Crippen LogP contribution >= 0.6 is 0 Å². The molecule has 4 N–H and O–H groups in total. The van der Waals surface area contributed by atoms with Crippen LogP contribution in [0.3, 0.4) is 0 Å². The number of nitrogens with zero attached hydrogens (tertiary/aromatic N) is 4. The van der Waals surface area contributed by atoms with E-state index < -0.39 is 12.1 Å².